The highest BCUT2D eigenvalue weighted by atomic mass is 35.5. The maximum absolute atomic E-state index is 5.89. The van der Waals surface area contributed by atoms with Crippen molar-refractivity contribution >= 4 is 29.1 Å². The highest BCUT2D eigenvalue weighted by Crippen LogP contribution is 2.19. The summed E-state index contributed by atoms with van der Waals surface area (Å²) >= 11 is 5.89. The molecule has 4 nitrogen and oxygen atoms in total. The standard InChI is InChI=1S/C18H17ClN4/c1-23(13-14-5-3-2-4-6-14)17-11-12-20-18(22-17)21-16-9-7-15(19)8-10-16/h2-12H,13H2,1H3,(H,20,21,22). The van der Waals surface area contributed by atoms with Crippen molar-refractivity contribution < 1.29 is 0 Å². The quantitative estimate of drug-likeness (QED) is 0.749. The maximum Gasteiger partial charge on any atom is 0.229 e. The first-order valence-electron chi connectivity index (χ1n) is 7.31. The molecule has 3 rings (SSSR count). The van der Waals surface area contributed by atoms with Crippen molar-refractivity contribution in [3.05, 3.63) is 77.4 Å². The Balaban J connectivity index is 1.72. The lowest BCUT2D eigenvalue weighted by molar-refractivity contribution is 0.893. The Morgan fingerprint density at radius 3 is 2.48 bits per heavy atom. The lowest BCUT2D eigenvalue weighted by Gasteiger charge is -2.18. The molecule has 0 saturated heterocycles. The zero-order valence-corrected chi connectivity index (χ0v) is 13.5. The van der Waals surface area contributed by atoms with Gasteiger partial charge in [0.25, 0.3) is 0 Å². The van der Waals surface area contributed by atoms with Gasteiger partial charge in [-0.1, -0.05) is 41.9 Å². The number of hydrogen-bond acceptors (Lipinski definition) is 4. The number of halogens is 1. The summed E-state index contributed by atoms with van der Waals surface area (Å²) in [6.07, 6.45) is 1.75. The molecule has 0 fully saturated rings. The average Bonchev–Trinajstić information content (AvgIpc) is 2.58. The van der Waals surface area contributed by atoms with E-state index in [1.165, 1.54) is 5.56 Å². The Labute approximate surface area is 140 Å². The zero-order valence-electron chi connectivity index (χ0n) is 12.8. The van der Waals surface area contributed by atoms with Crippen LogP contribution in [0.25, 0.3) is 0 Å². The van der Waals surface area contributed by atoms with Gasteiger partial charge in [0.2, 0.25) is 5.95 Å². The van der Waals surface area contributed by atoms with Crippen LogP contribution in [0.2, 0.25) is 5.02 Å². The summed E-state index contributed by atoms with van der Waals surface area (Å²) in [5, 5.41) is 3.88. The highest BCUT2D eigenvalue weighted by Gasteiger charge is 2.06. The average molecular weight is 325 g/mol. The Kier molecular flexibility index (Phi) is 4.74. The predicted molar refractivity (Wildman–Crippen MR) is 95.3 cm³/mol. The molecule has 1 N–H and O–H groups in total. The molecular formula is C18H17ClN4. The number of hydrogen-bond donors (Lipinski definition) is 1. The van der Waals surface area contributed by atoms with Crippen LogP contribution in [-0.2, 0) is 6.54 Å². The predicted octanol–water partition coefficient (Wildman–Crippen LogP) is 4.51. The second kappa shape index (κ2) is 7.11. The van der Waals surface area contributed by atoms with E-state index < -0.39 is 0 Å². The molecule has 0 aliphatic heterocycles. The lowest BCUT2D eigenvalue weighted by Crippen LogP contribution is -2.18. The molecule has 1 heterocycles. The third-order valence-electron chi connectivity index (χ3n) is 3.39. The monoisotopic (exact) mass is 324 g/mol. The van der Waals surface area contributed by atoms with E-state index in [1.54, 1.807) is 6.20 Å². The van der Waals surface area contributed by atoms with E-state index in [9.17, 15) is 0 Å². The molecule has 1 aromatic heterocycles. The minimum atomic E-state index is 0.560. The molecule has 0 saturated carbocycles. The number of rotatable bonds is 5. The Morgan fingerprint density at radius 2 is 1.74 bits per heavy atom. The Bertz CT molecular complexity index is 759. The van der Waals surface area contributed by atoms with Crippen molar-refractivity contribution in [3.8, 4) is 0 Å². The van der Waals surface area contributed by atoms with Crippen LogP contribution in [0.1, 0.15) is 5.56 Å². The van der Waals surface area contributed by atoms with Crippen LogP contribution in [0.3, 0.4) is 0 Å². The fraction of sp³-hybridized carbons (Fsp3) is 0.111. The summed E-state index contributed by atoms with van der Waals surface area (Å²) in [4.78, 5) is 10.9. The summed E-state index contributed by atoms with van der Waals surface area (Å²) < 4.78 is 0. The molecule has 5 heteroatoms. The van der Waals surface area contributed by atoms with Gasteiger partial charge in [0.05, 0.1) is 0 Å². The second-order valence-corrected chi connectivity index (χ2v) is 5.65. The van der Waals surface area contributed by atoms with Crippen LogP contribution in [0.4, 0.5) is 17.5 Å². The largest absolute Gasteiger partial charge is 0.355 e. The first-order valence-corrected chi connectivity index (χ1v) is 7.69. The van der Waals surface area contributed by atoms with E-state index in [4.69, 9.17) is 11.6 Å². The molecule has 0 spiro atoms. The van der Waals surface area contributed by atoms with Crippen molar-refractivity contribution in [1.29, 1.82) is 0 Å². The summed E-state index contributed by atoms with van der Waals surface area (Å²) in [7, 11) is 2.02. The van der Waals surface area contributed by atoms with Crippen LogP contribution in [0, 0.1) is 0 Å². The van der Waals surface area contributed by atoms with E-state index in [0.29, 0.717) is 11.0 Å². The van der Waals surface area contributed by atoms with Crippen molar-refractivity contribution in [3.63, 3.8) is 0 Å². The summed E-state index contributed by atoms with van der Waals surface area (Å²) in [6.45, 7) is 0.790. The third-order valence-corrected chi connectivity index (χ3v) is 3.65. The first-order chi connectivity index (χ1) is 11.2. The van der Waals surface area contributed by atoms with Gasteiger partial charge in [-0.2, -0.15) is 4.98 Å². The lowest BCUT2D eigenvalue weighted by atomic mass is 10.2. The molecule has 2 aromatic carbocycles. The summed E-state index contributed by atoms with van der Waals surface area (Å²) in [5.74, 6) is 1.42. The van der Waals surface area contributed by atoms with Gasteiger partial charge in [0.1, 0.15) is 5.82 Å². The van der Waals surface area contributed by atoms with Crippen LogP contribution in [-0.4, -0.2) is 17.0 Å². The number of aromatic nitrogens is 2. The molecular weight excluding hydrogens is 308 g/mol. The van der Waals surface area contributed by atoms with E-state index in [0.717, 1.165) is 18.1 Å². The third kappa shape index (κ3) is 4.20. The van der Waals surface area contributed by atoms with Crippen LogP contribution in [0.5, 0.6) is 0 Å². The van der Waals surface area contributed by atoms with Crippen molar-refractivity contribution in [2.45, 2.75) is 6.54 Å². The van der Waals surface area contributed by atoms with Crippen LogP contribution < -0.4 is 10.2 Å². The van der Waals surface area contributed by atoms with Gasteiger partial charge in [-0.25, -0.2) is 4.98 Å². The highest BCUT2D eigenvalue weighted by molar-refractivity contribution is 6.30. The Morgan fingerprint density at radius 1 is 1.00 bits per heavy atom. The van der Waals surface area contributed by atoms with Gasteiger partial charge >= 0.3 is 0 Å². The van der Waals surface area contributed by atoms with Crippen molar-refractivity contribution in [1.82, 2.24) is 9.97 Å². The van der Waals surface area contributed by atoms with Crippen molar-refractivity contribution in [2.75, 3.05) is 17.3 Å². The van der Waals surface area contributed by atoms with Crippen LogP contribution >= 0.6 is 11.6 Å². The summed E-state index contributed by atoms with van der Waals surface area (Å²) in [5.41, 5.74) is 2.14. The van der Waals surface area contributed by atoms with Gasteiger partial charge in [-0.05, 0) is 35.9 Å². The van der Waals surface area contributed by atoms with Gasteiger partial charge in [-0.3, -0.25) is 0 Å². The number of nitrogens with one attached hydrogen (secondary N) is 1. The number of nitrogens with zero attached hydrogens (tertiary/aromatic N) is 3. The SMILES string of the molecule is CN(Cc1ccccc1)c1ccnc(Nc2ccc(Cl)cc2)n1. The molecule has 0 radical (unpaired) electrons. The molecule has 3 aromatic rings. The molecule has 0 unspecified atom stereocenters. The number of anilines is 3. The molecule has 0 atom stereocenters. The fourth-order valence-corrected chi connectivity index (χ4v) is 2.35. The Hall–Kier alpha value is -2.59. The van der Waals surface area contributed by atoms with Gasteiger partial charge in [0, 0.05) is 30.5 Å². The van der Waals surface area contributed by atoms with Gasteiger partial charge in [-0.15, -0.1) is 0 Å². The fourth-order valence-electron chi connectivity index (χ4n) is 2.22. The van der Waals surface area contributed by atoms with E-state index in [2.05, 4.69) is 32.3 Å². The number of benzene rings is 2. The minimum absolute atomic E-state index is 0.560. The van der Waals surface area contributed by atoms with E-state index in [-0.39, 0.29) is 0 Å². The maximum atomic E-state index is 5.89. The normalized spacial score (nSPS) is 10.3. The molecule has 23 heavy (non-hydrogen) atoms. The van der Waals surface area contributed by atoms with E-state index >= 15 is 0 Å². The smallest absolute Gasteiger partial charge is 0.229 e. The molecule has 0 amide bonds. The molecule has 116 valence electrons. The summed E-state index contributed by atoms with van der Waals surface area (Å²) in [6, 6.07) is 19.6. The minimum Gasteiger partial charge on any atom is -0.355 e. The zero-order chi connectivity index (χ0) is 16.1. The van der Waals surface area contributed by atoms with Gasteiger partial charge in [0.15, 0.2) is 0 Å². The molecule has 0 aliphatic carbocycles. The molecule has 0 aliphatic rings. The first kappa shape index (κ1) is 15.3. The van der Waals surface area contributed by atoms with Gasteiger partial charge < -0.3 is 10.2 Å². The van der Waals surface area contributed by atoms with Crippen LogP contribution in [0.15, 0.2) is 66.9 Å². The van der Waals surface area contributed by atoms with E-state index in [1.807, 2.05) is 55.6 Å². The second-order valence-electron chi connectivity index (χ2n) is 5.21. The van der Waals surface area contributed by atoms with Crippen molar-refractivity contribution in [2.24, 2.45) is 0 Å². The topological polar surface area (TPSA) is 41.1 Å². The molecule has 0 bridgehead atoms.